The van der Waals surface area contributed by atoms with Gasteiger partial charge in [0.1, 0.15) is 22.0 Å². The average Bonchev–Trinajstić information content (AvgIpc) is 3.04. The van der Waals surface area contributed by atoms with Gasteiger partial charge in [0.25, 0.3) is 0 Å². The van der Waals surface area contributed by atoms with Crippen molar-refractivity contribution in [2.24, 2.45) is 0 Å². The topological polar surface area (TPSA) is 76.1 Å². The summed E-state index contributed by atoms with van der Waals surface area (Å²) in [6.07, 6.45) is 0.651. The maximum absolute atomic E-state index is 13.4. The number of hydrogen-bond acceptors (Lipinski definition) is 6. The van der Waals surface area contributed by atoms with Gasteiger partial charge in [-0.2, -0.15) is 0 Å². The van der Waals surface area contributed by atoms with Gasteiger partial charge >= 0.3 is 18.0 Å². The lowest BCUT2D eigenvalue weighted by molar-refractivity contribution is -0.155. The van der Waals surface area contributed by atoms with Crippen molar-refractivity contribution >= 4 is 34.3 Å². The minimum Gasteiger partial charge on any atom is -0.462 e. The Morgan fingerprint density at radius 3 is 2.47 bits per heavy atom. The molecule has 7 nitrogen and oxygen atoms in total. The third kappa shape index (κ3) is 5.48. The number of fused-ring (bicyclic) bond motifs is 1. The molecule has 1 aliphatic heterocycles. The van der Waals surface area contributed by atoms with Crippen molar-refractivity contribution in [1.82, 2.24) is 4.90 Å². The second kappa shape index (κ2) is 9.73. The average molecular weight is 459 g/mol. The van der Waals surface area contributed by atoms with Gasteiger partial charge in [0.15, 0.2) is 0 Å². The zero-order chi connectivity index (χ0) is 23.5. The standard InChI is InChI=1S/C24H30N2O5S/c1-6-30-22(28)20-16(2)18-14-25(15-19(27)31-24(3,4)5)23(29)26(21(18)32-20)13-12-17-10-8-7-9-11-17/h7-11H,6,12-15H2,1-5H3. The van der Waals surface area contributed by atoms with E-state index in [-0.39, 0.29) is 25.7 Å². The molecule has 2 amide bonds. The molecule has 2 aromatic rings. The van der Waals surface area contributed by atoms with E-state index in [1.54, 1.807) is 32.6 Å². The zero-order valence-electron chi connectivity index (χ0n) is 19.3. The summed E-state index contributed by atoms with van der Waals surface area (Å²) >= 11 is 1.28. The first-order valence-electron chi connectivity index (χ1n) is 10.7. The number of rotatable bonds is 7. The molecule has 0 bridgehead atoms. The molecule has 1 aliphatic rings. The summed E-state index contributed by atoms with van der Waals surface area (Å²) in [6, 6.07) is 9.62. The highest BCUT2D eigenvalue weighted by Crippen LogP contribution is 2.40. The van der Waals surface area contributed by atoms with E-state index in [1.807, 2.05) is 37.3 Å². The van der Waals surface area contributed by atoms with E-state index in [9.17, 15) is 14.4 Å². The molecular formula is C24H30N2O5S. The molecule has 172 valence electrons. The van der Waals surface area contributed by atoms with E-state index >= 15 is 0 Å². The Kier molecular flexibility index (Phi) is 7.23. The molecule has 8 heteroatoms. The summed E-state index contributed by atoms with van der Waals surface area (Å²) in [4.78, 5) is 41.9. The molecule has 0 unspecified atom stereocenters. The molecule has 2 heterocycles. The molecule has 1 aromatic heterocycles. The largest absolute Gasteiger partial charge is 0.462 e. The maximum atomic E-state index is 13.4. The number of ether oxygens (including phenoxy) is 2. The first-order chi connectivity index (χ1) is 15.1. The monoisotopic (exact) mass is 458 g/mol. The first-order valence-corrected chi connectivity index (χ1v) is 11.5. The molecule has 0 fully saturated rings. The molecule has 0 N–H and O–H groups in total. The SMILES string of the molecule is CCOC(=O)c1sc2c(c1C)CN(CC(=O)OC(C)(C)C)C(=O)N2CCc1ccccc1. The third-order valence-electron chi connectivity index (χ3n) is 5.01. The second-order valence-electron chi connectivity index (χ2n) is 8.67. The van der Waals surface area contributed by atoms with Crippen molar-refractivity contribution in [2.45, 2.75) is 53.2 Å². The van der Waals surface area contributed by atoms with E-state index in [2.05, 4.69) is 0 Å². The molecule has 0 saturated carbocycles. The van der Waals surface area contributed by atoms with E-state index in [4.69, 9.17) is 9.47 Å². The van der Waals surface area contributed by atoms with Crippen LogP contribution in [0.15, 0.2) is 30.3 Å². The van der Waals surface area contributed by atoms with Crippen LogP contribution < -0.4 is 4.90 Å². The molecule has 0 spiro atoms. The summed E-state index contributed by atoms with van der Waals surface area (Å²) in [5.74, 6) is -0.852. The number of urea groups is 1. The molecule has 0 aliphatic carbocycles. The van der Waals surface area contributed by atoms with Gasteiger partial charge in [-0.25, -0.2) is 9.59 Å². The molecule has 0 saturated heterocycles. The van der Waals surface area contributed by atoms with E-state index < -0.39 is 17.5 Å². The Bertz CT molecular complexity index is 994. The molecule has 1 aromatic carbocycles. The van der Waals surface area contributed by atoms with Crippen LogP contribution in [0.2, 0.25) is 0 Å². The van der Waals surface area contributed by atoms with Crippen LogP contribution >= 0.6 is 11.3 Å². The van der Waals surface area contributed by atoms with Crippen LogP contribution in [0.3, 0.4) is 0 Å². The van der Waals surface area contributed by atoms with Gasteiger partial charge in [-0.15, -0.1) is 11.3 Å². The minimum atomic E-state index is -0.635. The molecular weight excluding hydrogens is 428 g/mol. The van der Waals surface area contributed by atoms with Crippen LogP contribution in [0.1, 0.15) is 54.1 Å². The zero-order valence-corrected chi connectivity index (χ0v) is 20.1. The van der Waals surface area contributed by atoms with E-state index in [0.717, 1.165) is 21.7 Å². The fourth-order valence-electron chi connectivity index (χ4n) is 3.58. The lowest BCUT2D eigenvalue weighted by Crippen LogP contribution is -2.49. The number of anilines is 1. The van der Waals surface area contributed by atoms with Crippen LogP contribution in [0.5, 0.6) is 0 Å². The Morgan fingerprint density at radius 1 is 1.16 bits per heavy atom. The summed E-state index contributed by atoms with van der Waals surface area (Å²) in [7, 11) is 0. The number of nitrogens with zero attached hydrogens (tertiary/aromatic N) is 2. The number of amides is 2. The molecule has 0 atom stereocenters. The minimum absolute atomic E-state index is 0.151. The van der Waals surface area contributed by atoms with Crippen LogP contribution in [-0.4, -0.2) is 48.2 Å². The highest BCUT2D eigenvalue weighted by atomic mass is 32.1. The number of thiophene rings is 1. The lowest BCUT2D eigenvalue weighted by atomic mass is 10.1. The van der Waals surface area contributed by atoms with Crippen molar-refractivity contribution in [3.05, 3.63) is 51.9 Å². The number of benzene rings is 1. The summed E-state index contributed by atoms with van der Waals surface area (Å²) < 4.78 is 10.6. The predicted octanol–water partition coefficient (Wildman–Crippen LogP) is 4.56. The van der Waals surface area contributed by atoms with E-state index in [0.29, 0.717) is 17.8 Å². The highest BCUT2D eigenvalue weighted by Gasteiger charge is 2.36. The smallest absolute Gasteiger partial charge is 0.348 e. The Labute approximate surface area is 192 Å². The first kappa shape index (κ1) is 23.8. The maximum Gasteiger partial charge on any atom is 0.348 e. The van der Waals surface area contributed by atoms with Crippen molar-refractivity contribution < 1.29 is 23.9 Å². The number of esters is 2. The van der Waals surface area contributed by atoms with E-state index in [1.165, 1.54) is 16.2 Å². The third-order valence-corrected chi connectivity index (χ3v) is 6.35. The Balaban J connectivity index is 1.91. The Hall–Kier alpha value is -2.87. The van der Waals surface area contributed by atoms with Gasteiger partial charge in [0, 0.05) is 12.1 Å². The number of hydrogen-bond donors (Lipinski definition) is 0. The van der Waals surface area contributed by atoms with Gasteiger partial charge in [-0.3, -0.25) is 9.69 Å². The fraction of sp³-hybridized carbons (Fsp3) is 0.458. The van der Waals surface area contributed by atoms with Crippen molar-refractivity contribution in [3.8, 4) is 0 Å². The summed E-state index contributed by atoms with van der Waals surface area (Å²) in [5, 5.41) is 0.743. The van der Waals surface area contributed by atoms with Crippen LogP contribution in [0, 0.1) is 6.92 Å². The fourth-order valence-corrected chi connectivity index (χ4v) is 4.81. The van der Waals surface area contributed by atoms with Gasteiger partial charge in [-0.05, 0) is 52.2 Å². The van der Waals surface area contributed by atoms with Gasteiger partial charge in [0.2, 0.25) is 0 Å². The van der Waals surface area contributed by atoms with Crippen molar-refractivity contribution in [2.75, 3.05) is 24.6 Å². The summed E-state index contributed by atoms with van der Waals surface area (Å²) in [5.41, 5.74) is 2.12. The normalized spacial score (nSPS) is 13.7. The molecule has 0 radical (unpaired) electrons. The van der Waals surface area contributed by atoms with Crippen molar-refractivity contribution in [3.63, 3.8) is 0 Å². The second-order valence-corrected chi connectivity index (χ2v) is 9.67. The lowest BCUT2D eigenvalue weighted by Gasteiger charge is -2.35. The van der Waals surface area contributed by atoms with Gasteiger partial charge < -0.3 is 14.4 Å². The Morgan fingerprint density at radius 2 is 1.84 bits per heavy atom. The van der Waals surface area contributed by atoms with Gasteiger partial charge in [0.05, 0.1) is 13.2 Å². The number of carbonyl (C=O) groups excluding carboxylic acids is 3. The summed E-state index contributed by atoms with van der Waals surface area (Å²) in [6.45, 7) is 9.81. The predicted molar refractivity (Wildman–Crippen MR) is 124 cm³/mol. The molecule has 3 rings (SSSR count). The van der Waals surface area contributed by atoms with Crippen LogP contribution in [0.4, 0.5) is 9.80 Å². The molecule has 32 heavy (non-hydrogen) atoms. The van der Waals surface area contributed by atoms with Crippen LogP contribution in [0.25, 0.3) is 0 Å². The van der Waals surface area contributed by atoms with Crippen molar-refractivity contribution in [1.29, 1.82) is 0 Å². The van der Waals surface area contributed by atoms with Gasteiger partial charge in [-0.1, -0.05) is 30.3 Å². The number of carbonyl (C=O) groups is 3. The van der Waals surface area contributed by atoms with Crippen LogP contribution in [-0.2, 0) is 27.2 Å². The highest BCUT2D eigenvalue weighted by molar-refractivity contribution is 7.18. The quantitative estimate of drug-likeness (QED) is 0.569.